The van der Waals surface area contributed by atoms with Crippen molar-refractivity contribution in [2.24, 2.45) is 0 Å². The third kappa shape index (κ3) is 3.04. The summed E-state index contributed by atoms with van der Waals surface area (Å²) in [5, 5.41) is 4.45. The Bertz CT molecular complexity index is 528. The van der Waals surface area contributed by atoms with Crippen LogP contribution in [0.4, 0.5) is 5.69 Å². The molecule has 0 spiro atoms. The largest absolute Gasteiger partial charge is 0.497 e. The van der Waals surface area contributed by atoms with Crippen molar-refractivity contribution in [2.45, 2.75) is 0 Å². The van der Waals surface area contributed by atoms with Gasteiger partial charge in [-0.15, -0.1) is 11.3 Å². The van der Waals surface area contributed by atoms with E-state index in [1.165, 1.54) is 11.3 Å². The van der Waals surface area contributed by atoms with E-state index in [9.17, 15) is 4.79 Å². The fourth-order valence-corrected chi connectivity index (χ4v) is 2.28. The number of amides is 1. The summed E-state index contributed by atoms with van der Waals surface area (Å²) in [7, 11) is 1.58. The van der Waals surface area contributed by atoms with Crippen molar-refractivity contribution in [1.29, 1.82) is 0 Å². The first-order valence-corrected chi connectivity index (χ1v) is 6.47. The Hall–Kier alpha value is -1.40. The van der Waals surface area contributed by atoms with E-state index in [1.807, 2.05) is 6.07 Å². The molecule has 0 aliphatic heterocycles. The zero-order chi connectivity index (χ0) is 12.3. The number of hydrogen-bond donors (Lipinski definition) is 1. The van der Waals surface area contributed by atoms with Gasteiger partial charge in [0.15, 0.2) is 0 Å². The van der Waals surface area contributed by atoms with Crippen LogP contribution in [0.5, 0.6) is 5.75 Å². The number of carbonyl (C=O) groups excluding carboxylic acids is 1. The summed E-state index contributed by atoms with van der Waals surface area (Å²) in [5.74, 6) is 0.444. The zero-order valence-corrected chi connectivity index (χ0v) is 11.3. The van der Waals surface area contributed by atoms with Crippen molar-refractivity contribution < 1.29 is 9.53 Å². The van der Waals surface area contributed by atoms with E-state index in [2.05, 4.69) is 26.2 Å². The number of halogens is 1. The molecule has 1 aromatic carbocycles. The topological polar surface area (TPSA) is 51.2 Å². The van der Waals surface area contributed by atoms with Gasteiger partial charge in [-0.25, -0.2) is 4.98 Å². The van der Waals surface area contributed by atoms with Gasteiger partial charge < -0.3 is 10.1 Å². The van der Waals surface area contributed by atoms with E-state index < -0.39 is 0 Å². The van der Waals surface area contributed by atoms with Crippen molar-refractivity contribution in [3.05, 3.63) is 39.3 Å². The lowest BCUT2D eigenvalue weighted by molar-refractivity contribution is 0.102. The minimum absolute atomic E-state index is 0.230. The van der Waals surface area contributed by atoms with E-state index in [4.69, 9.17) is 4.74 Å². The van der Waals surface area contributed by atoms with Gasteiger partial charge in [0.05, 0.1) is 12.6 Å². The number of rotatable bonds is 3. The molecule has 0 saturated carbocycles. The normalized spacial score (nSPS) is 10.0. The number of ether oxygens (including phenoxy) is 1. The predicted molar refractivity (Wildman–Crippen MR) is 70.8 cm³/mol. The van der Waals surface area contributed by atoms with E-state index >= 15 is 0 Å². The highest BCUT2D eigenvalue weighted by molar-refractivity contribution is 9.10. The highest BCUT2D eigenvalue weighted by atomic mass is 79.9. The van der Waals surface area contributed by atoms with Gasteiger partial charge in [0, 0.05) is 21.6 Å². The Labute approximate surface area is 111 Å². The first kappa shape index (κ1) is 12.1. The first-order valence-electron chi connectivity index (χ1n) is 4.73. The Morgan fingerprint density at radius 3 is 2.94 bits per heavy atom. The number of carbonyl (C=O) groups is 1. The van der Waals surface area contributed by atoms with Crippen LogP contribution in [-0.2, 0) is 0 Å². The summed E-state index contributed by atoms with van der Waals surface area (Å²) in [4.78, 5) is 15.7. The molecule has 1 heterocycles. The smallest absolute Gasteiger partial charge is 0.275 e. The second kappa shape index (κ2) is 5.29. The fourth-order valence-electron chi connectivity index (χ4n) is 1.27. The molecule has 0 atom stereocenters. The molecule has 0 bridgehead atoms. The second-order valence-electron chi connectivity index (χ2n) is 3.21. The summed E-state index contributed by atoms with van der Waals surface area (Å²) in [6.45, 7) is 0. The van der Waals surface area contributed by atoms with Crippen LogP contribution < -0.4 is 10.1 Å². The molecule has 0 aliphatic rings. The quantitative estimate of drug-likeness (QED) is 0.947. The Balaban J connectivity index is 2.18. The van der Waals surface area contributed by atoms with Crippen molar-refractivity contribution >= 4 is 38.9 Å². The second-order valence-corrected chi connectivity index (χ2v) is 4.84. The highest BCUT2D eigenvalue weighted by Crippen LogP contribution is 2.24. The molecule has 2 rings (SSSR count). The predicted octanol–water partition coefficient (Wildman–Crippen LogP) is 3.17. The minimum Gasteiger partial charge on any atom is -0.497 e. The molecule has 2 aromatic rings. The standard InChI is InChI=1S/C11H9BrN2O2S/c1-16-9-3-7(12)2-8(4-9)14-11(15)10-5-17-6-13-10/h2-6H,1H3,(H,14,15). The Kier molecular flexibility index (Phi) is 3.75. The molecule has 1 aromatic heterocycles. The molecule has 6 heteroatoms. The van der Waals surface area contributed by atoms with Crippen LogP contribution in [0.25, 0.3) is 0 Å². The monoisotopic (exact) mass is 312 g/mol. The summed E-state index contributed by atoms with van der Waals surface area (Å²) in [6, 6.07) is 5.36. The third-order valence-corrected chi connectivity index (χ3v) is 3.07. The van der Waals surface area contributed by atoms with Crippen LogP contribution in [0.1, 0.15) is 10.5 Å². The average Bonchev–Trinajstić information content (AvgIpc) is 2.81. The average molecular weight is 313 g/mol. The van der Waals surface area contributed by atoms with Crippen LogP contribution in [0, 0.1) is 0 Å². The van der Waals surface area contributed by atoms with Crippen molar-refractivity contribution in [3.8, 4) is 5.75 Å². The van der Waals surface area contributed by atoms with Gasteiger partial charge >= 0.3 is 0 Å². The Morgan fingerprint density at radius 1 is 1.47 bits per heavy atom. The number of hydrogen-bond acceptors (Lipinski definition) is 4. The highest BCUT2D eigenvalue weighted by Gasteiger charge is 2.09. The molecular formula is C11H9BrN2O2S. The van der Waals surface area contributed by atoms with E-state index in [0.29, 0.717) is 17.1 Å². The van der Waals surface area contributed by atoms with E-state index in [0.717, 1.165) is 4.47 Å². The molecule has 0 aliphatic carbocycles. The van der Waals surface area contributed by atoms with Gasteiger partial charge in [0.1, 0.15) is 11.4 Å². The lowest BCUT2D eigenvalue weighted by atomic mass is 10.3. The number of methoxy groups -OCH3 is 1. The summed E-state index contributed by atoms with van der Waals surface area (Å²) >= 11 is 4.73. The number of thiazole rings is 1. The van der Waals surface area contributed by atoms with Gasteiger partial charge in [0.25, 0.3) is 5.91 Å². The fraction of sp³-hybridized carbons (Fsp3) is 0.0909. The molecule has 0 fully saturated rings. The number of nitrogens with one attached hydrogen (secondary N) is 1. The zero-order valence-electron chi connectivity index (χ0n) is 8.94. The van der Waals surface area contributed by atoms with Crippen LogP contribution in [0.3, 0.4) is 0 Å². The lowest BCUT2D eigenvalue weighted by Crippen LogP contribution is -2.12. The molecule has 88 valence electrons. The van der Waals surface area contributed by atoms with Gasteiger partial charge in [-0.3, -0.25) is 4.79 Å². The van der Waals surface area contributed by atoms with E-state index in [1.54, 1.807) is 30.1 Å². The van der Waals surface area contributed by atoms with Gasteiger partial charge in [0.2, 0.25) is 0 Å². The molecule has 1 amide bonds. The van der Waals surface area contributed by atoms with Crippen LogP contribution in [-0.4, -0.2) is 18.0 Å². The number of benzene rings is 1. The van der Waals surface area contributed by atoms with Crippen molar-refractivity contribution in [2.75, 3.05) is 12.4 Å². The maximum atomic E-state index is 11.8. The Morgan fingerprint density at radius 2 is 2.29 bits per heavy atom. The van der Waals surface area contributed by atoms with Gasteiger partial charge in [-0.1, -0.05) is 15.9 Å². The SMILES string of the molecule is COc1cc(Br)cc(NC(=O)c2cscn2)c1. The molecule has 4 nitrogen and oxygen atoms in total. The van der Waals surface area contributed by atoms with Crippen LogP contribution in [0.2, 0.25) is 0 Å². The maximum absolute atomic E-state index is 11.8. The summed E-state index contributed by atoms with van der Waals surface area (Å²) in [6.07, 6.45) is 0. The first-order chi connectivity index (χ1) is 8.19. The van der Waals surface area contributed by atoms with Crippen molar-refractivity contribution in [1.82, 2.24) is 4.98 Å². The molecule has 17 heavy (non-hydrogen) atoms. The van der Waals surface area contributed by atoms with E-state index in [-0.39, 0.29) is 5.91 Å². The number of nitrogens with zero attached hydrogens (tertiary/aromatic N) is 1. The lowest BCUT2D eigenvalue weighted by Gasteiger charge is -2.06. The number of aromatic nitrogens is 1. The van der Waals surface area contributed by atoms with Gasteiger partial charge in [-0.05, 0) is 12.1 Å². The molecule has 0 unspecified atom stereocenters. The maximum Gasteiger partial charge on any atom is 0.275 e. The van der Waals surface area contributed by atoms with Crippen molar-refractivity contribution in [3.63, 3.8) is 0 Å². The van der Waals surface area contributed by atoms with Crippen LogP contribution >= 0.6 is 27.3 Å². The molecular weight excluding hydrogens is 304 g/mol. The summed E-state index contributed by atoms with van der Waals surface area (Å²) in [5.41, 5.74) is 2.69. The van der Waals surface area contributed by atoms with Crippen LogP contribution in [0.15, 0.2) is 33.6 Å². The summed E-state index contributed by atoms with van der Waals surface area (Å²) < 4.78 is 5.95. The number of anilines is 1. The molecule has 0 radical (unpaired) electrons. The molecule has 0 saturated heterocycles. The third-order valence-electron chi connectivity index (χ3n) is 2.03. The minimum atomic E-state index is -0.230. The van der Waals surface area contributed by atoms with Gasteiger partial charge in [-0.2, -0.15) is 0 Å². The molecule has 1 N–H and O–H groups in total.